The maximum atomic E-state index is 11.1. The van der Waals surface area contributed by atoms with Gasteiger partial charge in [-0.2, -0.15) is 4.98 Å². The van der Waals surface area contributed by atoms with Gasteiger partial charge in [0.15, 0.2) is 0 Å². The van der Waals surface area contributed by atoms with E-state index >= 15 is 0 Å². The SMILES string of the molecule is COC(=O)c1nc(-c2ccc(OC)nc2)no1. The van der Waals surface area contributed by atoms with Crippen molar-refractivity contribution in [3.05, 3.63) is 24.2 Å². The molecule has 2 rings (SSSR count). The van der Waals surface area contributed by atoms with E-state index in [9.17, 15) is 4.79 Å². The molecule has 0 bridgehead atoms. The zero-order valence-electron chi connectivity index (χ0n) is 9.21. The lowest BCUT2D eigenvalue weighted by atomic mass is 10.3. The number of nitrogens with zero attached hydrogens (tertiary/aromatic N) is 3. The Hall–Kier alpha value is -2.44. The number of hydrogen-bond acceptors (Lipinski definition) is 7. The molecule has 0 unspecified atom stereocenters. The normalized spacial score (nSPS) is 10.0. The van der Waals surface area contributed by atoms with E-state index in [4.69, 9.17) is 9.26 Å². The minimum atomic E-state index is -0.676. The highest BCUT2D eigenvalue weighted by Gasteiger charge is 2.16. The van der Waals surface area contributed by atoms with Gasteiger partial charge in [0.1, 0.15) is 0 Å². The Bertz CT molecular complexity index is 521. The highest BCUT2D eigenvalue weighted by atomic mass is 16.6. The summed E-state index contributed by atoms with van der Waals surface area (Å²) in [5.74, 6) is -0.130. The molecule has 0 fully saturated rings. The van der Waals surface area contributed by atoms with Crippen LogP contribution in [0, 0.1) is 0 Å². The van der Waals surface area contributed by atoms with Crippen LogP contribution in [0.3, 0.4) is 0 Å². The van der Waals surface area contributed by atoms with Crippen molar-refractivity contribution in [1.82, 2.24) is 15.1 Å². The van der Waals surface area contributed by atoms with E-state index in [-0.39, 0.29) is 11.7 Å². The molecule has 17 heavy (non-hydrogen) atoms. The van der Waals surface area contributed by atoms with Crippen molar-refractivity contribution in [1.29, 1.82) is 0 Å². The first-order valence-corrected chi connectivity index (χ1v) is 4.67. The molecule has 0 radical (unpaired) electrons. The number of pyridine rings is 1. The number of carbonyl (C=O) groups excluding carboxylic acids is 1. The predicted octanol–water partition coefficient (Wildman–Crippen LogP) is 0.927. The van der Waals surface area contributed by atoms with Crippen LogP contribution in [-0.2, 0) is 4.74 Å². The van der Waals surface area contributed by atoms with Crippen LogP contribution in [0.1, 0.15) is 10.7 Å². The molecule has 0 aliphatic rings. The second-order valence-electron chi connectivity index (χ2n) is 3.00. The summed E-state index contributed by atoms with van der Waals surface area (Å²) >= 11 is 0. The molecule has 7 nitrogen and oxygen atoms in total. The fourth-order valence-corrected chi connectivity index (χ4v) is 1.14. The number of esters is 1. The molecule has 0 aliphatic carbocycles. The fraction of sp³-hybridized carbons (Fsp3) is 0.200. The summed E-state index contributed by atoms with van der Waals surface area (Å²) in [5.41, 5.74) is 0.615. The third-order valence-corrected chi connectivity index (χ3v) is 1.99. The van der Waals surface area contributed by atoms with Crippen LogP contribution in [-0.4, -0.2) is 35.3 Å². The Balaban J connectivity index is 2.27. The number of ether oxygens (including phenoxy) is 2. The Morgan fingerprint density at radius 3 is 2.76 bits per heavy atom. The van der Waals surface area contributed by atoms with Crippen molar-refractivity contribution in [3.8, 4) is 17.3 Å². The fourth-order valence-electron chi connectivity index (χ4n) is 1.14. The van der Waals surface area contributed by atoms with E-state index in [1.807, 2.05) is 0 Å². The topological polar surface area (TPSA) is 87.3 Å². The molecular weight excluding hydrogens is 226 g/mol. The molecule has 7 heteroatoms. The lowest BCUT2D eigenvalue weighted by molar-refractivity contribution is 0.0545. The zero-order chi connectivity index (χ0) is 12.3. The molecule has 2 aromatic rings. The van der Waals surface area contributed by atoms with Crippen LogP contribution < -0.4 is 4.74 Å². The molecule has 2 heterocycles. The first kappa shape index (κ1) is 11.1. The van der Waals surface area contributed by atoms with Gasteiger partial charge in [-0.25, -0.2) is 9.78 Å². The third kappa shape index (κ3) is 2.22. The van der Waals surface area contributed by atoms with Crippen molar-refractivity contribution in [2.24, 2.45) is 0 Å². The molecule has 0 aliphatic heterocycles. The van der Waals surface area contributed by atoms with E-state index in [1.54, 1.807) is 12.1 Å². The quantitative estimate of drug-likeness (QED) is 0.731. The molecule has 2 aromatic heterocycles. The molecule has 0 amide bonds. The maximum absolute atomic E-state index is 11.1. The smallest absolute Gasteiger partial charge is 0.397 e. The summed E-state index contributed by atoms with van der Waals surface area (Å²) < 4.78 is 14.1. The summed E-state index contributed by atoms with van der Waals surface area (Å²) in [7, 11) is 2.76. The summed E-state index contributed by atoms with van der Waals surface area (Å²) in [6.07, 6.45) is 1.52. The van der Waals surface area contributed by atoms with Crippen molar-refractivity contribution in [2.45, 2.75) is 0 Å². The Kier molecular flexibility index (Phi) is 2.99. The van der Waals surface area contributed by atoms with Crippen LogP contribution in [0.4, 0.5) is 0 Å². The van der Waals surface area contributed by atoms with E-state index in [1.165, 1.54) is 20.4 Å². The van der Waals surface area contributed by atoms with Crippen molar-refractivity contribution < 1.29 is 18.8 Å². The molecule has 0 aromatic carbocycles. The van der Waals surface area contributed by atoms with Crippen molar-refractivity contribution >= 4 is 5.97 Å². The second-order valence-corrected chi connectivity index (χ2v) is 3.00. The first-order chi connectivity index (χ1) is 8.24. The molecule has 0 atom stereocenters. The molecule has 0 saturated carbocycles. The monoisotopic (exact) mass is 235 g/mol. The van der Waals surface area contributed by atoms with Gasteiger partial charge in [0.2, 0.25) is 11.7 Å². The number of hydrogen-bond donors (Lipinski definition) is 0. The van der Waals surface area contributed by atoms with Gasteiger partial charge in [0.05, 0.1) is 14.2 Å². The average Bonchev–Trinajstić information content (AvgIpc) is 2.87. The zero-order valence-corrected chi connectivity index (χ0v) is 9.21. The number of rotatable bonds is 3. The molecule has 0 spiro atoms. The van der Waals surface area contributed by atoms with Crippen LogP contribution in [0.15, 0.2) is 22.9 Å². The number of methoxy groups -OCH3 is 2. The van der Waals surface area contributed by atoms with Gasteiger partial charge in [-0.1, -0.05) is 5.16 Å². The van der Waals surface area contributed by atoms with Gasteiger partial charge in [0, 0.05) is 17.8 Å². The van der Waals surface area contributed by atoms with Crippen LogP contribution in [0.2, 0.25) is 0 Å². The minimum absolute atomic E-state index is 0.196. The number of aromatic nitrogens is 3. The standard InChI is InChI=1S/C10H9N3O4/c1-15-7-4-3-6(5-11-7)8-12-9(17-13-8)10(14)16-2/h3-5H,1-2H3. The summed E-state index contributed by atoms with van der Waals surface area (Å²) in [6.45, 7) is 0. The molecular formula is C10H9N3O4. The maximum Gasteiger partial charge on any atom is 0.397 e. The highest BCUT2D eigenvalue weighted by Crippen LogP contribution is 2.17. The predicted molar refractivity (Wildman–Crippen MR) is 55.4 cm³/mol. The van der Waals surface area contributed by atoms with Gasteiger partial charge < -0.3 is 14.0 Å². The summed E-state index contributed by atoms with van der Waals surface area (Å²) in [5, 5.41) is 3.64. The minimum Gasteiger partial charge on any atom is -0.481 e. The Morgan fingerprint density at radius 1 is 1.35 bits per heavy atom. The van der Waals surface area contributed by atoms with Gasteiger partial charge in [0.25, 0.3) is 0 Å². The van der Waals surface area contributed by atoms with Crippen LogP contribution in [0.25, 0.3) is 11.4 Å². The lowest BCUT2D eigenvalue weighted by Gasteiger charge is -1.97. The van der Waals surface area contributed by atoms with Crippen molar-refractivity contribution in [3.63, 3.8) is 0 Å². The molecule has 0 saturated heterocycles. The van der Waals surface area contributed by atoms with Gasteiger partial charge in [-0.05, 0) is 6.07 Å². The number of carbonyl (C=O) groups is 1. The average molecular weight is 235 g/mol. The highest BCUT2D eigenvalue weighted by molar-refractivity contribution is 5.84. The van der Waals surface area contributed by atoms with E-state index in [2.05, 4.69) is 19.9 Å². The largest absolute Gasteiger partial charge is 0.481 e. The molecule has 88 valence electrons. The van der Waals surface area contributed by atoms with Gasteiger partial charge in [-0.3, -0.25) is 0 Å². The Labute approximate surface area is 96.4 Å². The van der Waals surface area contributed by atoms with Gasteiger partial charge in [-0.15, -0.1) is 0 Å². The first-order valence-electron chi connectivity index (χ1n) is 4.67. The van der Waals surface area contributed by atoms with E-state index in [0.717, 1.165) is 0 Å². The Morgan fingerprint density at radius 2 is 2.18 bits per heavy atom. The van der Waals surface area contributed by atoms with Gasteiger partial charge >= 0.3 is 11.9 Å². The summed E-state index contributed by atoms with van der Waals surface area (Å²) in [4.78, 5) is 19.0. The lowest BCUT2D eigenvalue weighted by Crippen LogP contribution is -2.00. The van der Waals surface area contributed by atoms with Crippen molar-refractivity contribution in [2.75, 3.05) is 14.2 Å². The van der Waals surface area contributed by atoms with Crippen LogP contribution >= 0.6 is 0 Å². The van der Waals surface area contributed by atoms with E-state index < -0.39 is 5.97 Å². The molecule has 0 N–H and O–H groups in total. The van der Waals surface area contributed by atoms with E-state index in [0.29, 0.717) is 11.4 Å². The summed E-state index contributed by atoms with van der Waals surface area (Å²) in [6, 6.07) is 3.36. The second kappa shape index (κ2) is 4.60. The third-order valence-electron chi connectivity index (χ3n) is 1.99. The van der Waals surface area contributed by atoms with Crippen LogP contribution in [0.5, 0.6) is 5.88 Å².